The maximum Gasteiger partial charge on any atom is 0.258 e. The number of hydrogen-bond acceptors (Lipinski definition) is 4. The molecule has 0 bridgehead atoms. The summed E-state index contributed by atoms with van der Waals surface area (Å²) in [6.45, 7) is 0.398. The molecule has 0 spiro atoms. The van der Waals surface area contributed by atoms with Gasteiger partial charge in [-0.1, -0.05) is 42.5 Å². The number of ether oxygens (including phenoxy) is 2. The van der Waals surface area contributed by atoms with Gasteiger partial charge in [0.05, 0.1) is 27.2 Å². The molecule has 2 amide bonds. The van der Waals surface area contributed by atoms with Crippen LogP contribution >= 0.6 is 0 Å². The van der Waals surface area contributed by atoms with Crippen molar-refractivity contribution in [3.63, 3.8) is 0 Å². The molecule has 0 unspecified atom stereocenters. The predicted molar refractivity (Wildman–Crippen MR) is 142 cm³/mol. The Hall–Kier alpha value is -4.58. The zero-order valence-electron chi connectivity index (χ0n) is 20.3. The fourth-order valence-corrected chi connectivity index (χ4v) is 3.79. The van der Waals surface area contributed by atoms with E-state index in [0.717, 1.165) is 28.3 Å². The normalized spacial score (nSPS) is 10.4. The molecular weight excluding hydrogens is 452 g/mol. The van der Waals surface area contributed by atoms with Crippen molar-refractivity contribution in [2.24, 2.45) is 0 Å². The number of carbonyl (C=O) groups is 2. The van der Waals surface area contributed by atoms with Gasteiger partial charge in [-0.15, -0.1) is 0 Å². The topological polar surface area (TPSA) is 67.9 Å². The van der Waals surface area contributed by atoms with Crippen LogP contribution < -0.4 is 19.7 Å². The second-order valence-electron chi connectivity index (χ2n) is 8.23. The molecule has 0 heterocycles. The number of methoxy groups -OCH3 is 2. The van der Waals surface area contributed by atoms with Crippen molar-refractivity contribution < 1.29 is 19.1 Å². The molecule has 4 rings (SSSR count). The van der Waals surface area contributed by atoms with Crippen LogP contribution in [0.2, 0.25) is 0 Å². The zero-order valence-corrected chi connectivity index (χ0v) is 20.3. The highest BCUT2D eigenvalue weighted by molar-refractivity contribution is 6.06. The van der Waals surface area contributed by atoms with Crippen molar-refractivity contribution in [2.45, 2.75) is 13.0 Å². The average molecular weight is 481 g/mol. The minimum Gasteiger partial charge on any atom is -0.497 e. The monoisotopic (exact) mass is 480 g/mol. The van der Waals surface area contributed by atoms with Crippen molar-refractivity contribution in [2.75, 3.05) is 24.4 Å². The third-order valence-corrected chi connectivity index (χ3v) is 5.75. The smallest absolute Gasteiger partial charge is 0.258 e. The van der Waals surface area contributed by atoms with E-state index in [9.17, 15) is 9.59 Å². The first-order chi connectivity index (χ1) is 17.6. The summed E-state index contributed by atoms with van der Waals surface area (Å²) in [5.41, 5.74) is 3.88. The molecule has 6 heteroatoms. The average Bonchev–Trinajstić information content (AvgIpc) is 2.93. The van der Waals surface area contributed by atoms with Gasteiger partial charge < -0.3 is 19.7 Å². The molecule has 0 atom stereocenters. The molecule has 0 fully saturated rings. The van der Waals surface area contributed by atoms with E-state index in [-0.39, 0.29) is 18.2 Å². The lowest BCUT2D eigenvalue weighted by molar-refractivity contribution is -0.115. The van der Waals surface area contributed by atoms with Gasteiger partial charge in [-0.2, -0.15) is 0 Å². The van der Waals surface area contributed by atoms with Gasteiger partial charge in [-0.25, -0.2) is 0 Å². The van der Waals surface area contributed by atoms with Crippen molar-refractivity contribution in [1.82, 2.24) is 0 Å². The molecule has 0 aromatic heterocycles. The molecule has 182 valence electrons. The third-order valence-electron chi connectivity index (χ3n) is 5.75. The molecular formula is C30H28N2O4. The molecule has 4 aromatic carbocycles. The van der Waals surface area contributed by atoms with Crippen LogP contribution in [0.15, 0.2) is 103 Å². The van der Waals surface area contributed by atoms with Crippen LogP contribution in [0, 0.1) is 0 Å². The largest absolute Gasteiger partial charge is 0.497 e. The lowest BCUT2D eigenvalue weighted by atomic mass is 10.1. The van der Waals surface area contributed by atoms with Crippen LogP contribution in [0.4, 0.5) is 11.4 Å². The van der Waals surface area contributed by atoms with Crippen molar-refractivity contribution in [1.29, 1.82) is 0 Å². The van der Waals surface area contributed by atoms with Crippen LogP contribution in [0.3, 0.4) is 0 Å². The Labute approximate surface area is 211 Å². The molecule has 0 radical (unpaired) electrons. The minimum absolute atomic E-state index is 0.101. The lowest BCUT2D eigenvalue weighted by Crippen LogP contribution is -2.30. The Bertz CT molecular complexity index is 1290. The Morgan fingerprint density at radius 2 is 1.25 bits per heavy atom. The Morgan fingerprint density at radius 1 is 0.694 bits per heavy atom. The second kappa shape index (κ2) is 11.7. The zero-order chi connectivity index (χ0) is 25.3. The highest BCUT2D eigenvalue weighted by Crippen LogP contribution is 2.23. The van der Waals surface area contributed by atoms with E-state index in [4.69, 9.17) is 9.47 Å². The molecule has 36 heavy (non-hydrogen) atoms. The quantitative estimate of drug-likeness (QED) is 0.332. The summed E-state index contributed by atoms with van der Waals surface area (Å²) in [6, 6.07) is 31.5. The van der Waals surface area contributed by atoms with Crippen LogP contribution in [0.1, 0.15) is 21.5 Å². The number of rotatable bonds is 9. The first kappa shape index (κ1) is 24.5. The maximum absolute atomic E-state index is 13.4. The second-order valence-corrected chi connectivity index (χ2v) is 8.23. The molecule has 0 saturated heterocycles. The maximum atomic E-state index is 13.4. The Morgan fingerprint density at radius 3 is 1.83 bits per heavy atom. The van der Waals surface area contributed by atoms with Crippen molar-refractivity contribution >= 4 is 23.2 Å². The van der Waals surface area contributed by atoms with Gasteiger partial charge in [0.1, 0.15) is 11.5 Å². The molecule has 1 N–H and O–H groups in total. The van der Waals surface area contributed by atoms with E-state index in [2.05, 4.69) is 5.32 Å². The standard InChI is InChI=1S/C30H28N2O4/c1-35-27-16-10-23(11-17-27)21-32(30(34)24-6-4-3-5-7-24)26-14-8-22(9-15-26)20-29(33)31-25-12-18-28(36-2)19-13-25/h3-19H,20-21H2,1-2H3,(H,31,33). The number of hydrogen-bond donors (Lipinski definition) is 1. The van der Waals surface area contributed by atoms with Gasteiger partial charge in [0.25, 0.3) is 5.91 Å². The van der Waals surface area contributed by atoms with Crippen LogP contribution in [-0.2, 0) is 17.8 Å². The van der Waals surface area contributed by atoms with Gasteiger partial charge in [0.2, 0.25) is 5.91 Å². The van der Waals surface area contributed by atoms with Gasteiger partial charge in [-0.05, 0) is 71.8 Å². The molecule has 6 nitrogen and oxygen atoms in total. The summed E-state index contributed by atoms with van der Waals surface area (Å²) in [6.07, 6.45) is 0.220. The fourth-order valence-electron chi connectivity index (χ4n) is 3.79. The lowest BCUT2D eigenvalue weighted by Gasteiger charge is -2.23. The number of carbonyl (C=O) groups excluding carboxylic acids is 2. The fraction of sp³-hybridized carbons (Fsp3) is 0.133. The summed E-state index contributed by atoms with van der Waals surface area (Å²) >= 11 is 0. The molecule has 4 aromatic rings. The summed E-state index contributed by atoms with van der Waals surface area (Å²) in [4.78, 5) is 27.7. The van der Waals surface area contributed by atoms with E-state index in [1.54, 1.807) is 55.5 Å². The van der Waals surface area contributed by atoms with Crippen LogP contribution in [0.25, 0.3) is 0 Å². The minimum atomic E-state index is -0.122. The summed E-state index contributed by atoms with van der Waals surface area (Å²) in [5, 5.41) is 2.89. The molecule has 0 aliphatic heterocycles. The number of amides is 2. The number of anilines is 2. The van der Waals surface area contributed by atoms with E-state index in [0.29, 0.717) is 17.8 Å². The van der Waals surface area contributed by atoms with Gasteiger partial charge in [-0.3, -0.25) is 9.59 Å². The number of nitrogens with zero attached hydrogens (tertiary/aromatic N) is 1. The molecule has 0 aliphatic rings. The van der Waals surface area contributed by atoms with Gasteiger partial charge in [0.15, 0.2) is 0 Å². The van der Waals surface area contributed by atoms with Crippen molar-refractivity contribution in [3.8, 4) is 11.5 Å². The Balaban J connectivity index is 1.49. The van der Waals surface area contributed by atoms with E-state index < -0.39 is 0 Å². The van der Waals surface area contributed by atoms with Crippen LogP contribution in [0.5, 0.6) is 11.5 Å². The number of nitrogens with one attached hydrogen (secondary N) is 1. The molecule has 0 aliphatic carbocycles. The highest BCUT2D eigenvalue weighted by Gasteiger charge is 2.18. The number of benzene rings is 4. The van der Waals surface area contributed by atoms with Crippen molar-refractivity contribution in [3.05, 3.63) is 120 Å². The summed E-state index contributed by atoms with van der Waals surface area (Å²) < 4.78 is 10.4. The van der Waals surface area contributed by atoms with E-state index >= 15 is 0 Å². The highest BCUT2D eigenvalue weighted by atomic mass is 16.5. The summed E-state index contributed by atoms with van der Waals surface area (Å²) in [7, 11) is 3.22. The SMILES string of the molecule is COc1ccc(CN(C(=O)c2ccccc2)c2ccc(CC(=O)Nc3ccc(OC)cc3)cc2)cc1. The summed E-state index contributed by atoms with van der Waals surface area (Å²) in [5.74, 6) is 1.27. The Kier molecular flexibility index (Phi) is 7.98. The predicted octanol–water partition coefficient (Wildman–Crippen LogP) is 5.73. The van der Waals surface area contributed by atoms with Gasteiger partial charge >= 0.3 is 0 Å². The van der Waals surface area contributed by atoms with Gasteiger partial charge in [0, 0.05) is 16.9 Å². The van der Waals surface area contributed by atoms with Crippen LogP contribution in [-0.4, -0.2) is 26.0 Å². The third kappa shape index (κ3) is 6.30. The first-order valence-corrected chi connectivity index (χ1v) is 11.6. The first-order valence-electron chi connectivity index (χ1n) is 11.6. The van der Waals surface area contributed by atoms with E-state index in [1.165, 1.54) is 0 Å². The molecule has 0 saturated carbocycles. The van der Waals surface area contributed by atoms with E-state index in [1.807, 2.05) is 66.7 Å².